The van der Waals surface area contributed by atoms with Gasteiger partial charge in [0.15, 0.2) is 0 Å². The highest BCUT2D eigenvalue weighted by Gasteiger charge is 2.39. The number of esters is 1. The fourth-order valence-corrected chi connectivity index (χ4v) is 4.40. The van der Waals surface area contributed by atoms with E-state index in [0.717, 1.165) is 16.9 Å². The van der Waals surface area contributed by atoms with Gasteiger partial charge in [0.1, 0.15) is 5.82 Å². The molecule has 1 aromatic heterocycles. The van der Waals surface area contributed by atoms with Gasteiger partial charge in [-0.05, 0) is 36.4 Å². The second-order valence-corrected chi connectivity index (χ2v) is 7.93. The van der Waals surface area contributed by atoms with E-state index in [1.807, 2.05) is 24.3 Å². The molecular formula is C21H19N3O4S. The van der Waals surface area contributed by atoms with Crippen molar-refractivity contribution in [2.75, 3.05) is 17.8 Å². The highest BCUT2D eigenvalue weighted by Crippen LogP contribution is 2.30. The lowest BCUT2D eigenvalue weighted by molar-refractivity contribution is -0.121. The molecule has 2 amide bonds. The molecule has 148 valence electrons. The zero-order chi connectivity index (χ0) is 20.4. The van der Waals surface area contributed by atoms with Gasteiger partial charge in [0.25, 0.3) is 0 Å². The van der Waals surface area contributed by atoms with Crippen LogP contribution in [0.25, 0.3) is 11.0 Å². The van der Waals surface area contributed by atoms with Crippen LogP contribution in [-0.4, -0.2) is 45.9 Å². The average Bonchev–Trinajstić information content (AvgIpc) is 3.27. The molecule has 1 saturated heterocycles. The van der Waals surface area contributed by atoms with E-state index in [1.165, 1.54) is 23.8 Å². The number of ether oxygens (including phenoxy) is 1. The van der Waals surface area contributed by atoms with Crippen LogP contribution in [0.3, 0.4) is 0 Å². The van der Waals surface area contributed by atoms with Crippen LogP contribution in [0, 0.1) is 0 Å². The molecule has 2 heterocycles. The molecular weight excluding hydrogens is 390 g/mol. The number of aromatic amines is 1. The first-order chi connectivity index (χ1) is 14.1. The van der Waals surface area contributed by atoms with E-state index in [0.29, 0.717) is 23.4 Å². The number of aryl methyl sites for hydroxylation is 1. The summed E-state index contributed by atoms with van der Waals surface area (Å²) in [6.07, 6.45) is 0.855. The van der Waals surface area contributed by atoms with Gasteiger partial charge in [-0.2, -0.15) is 0 Å². The lowest BCUT2D eigenvalue weighted by atomic mass is 10.2. The van der Waals surface area contributed by atoms with E-state index in [4.69, 9.17) is 0 Å². The number of amides is 2. The minimum absolute atomic E-state index is 0.169. The number of carbonyl (C=O) groups is 3. The van der Waals surface area contributed by atoms with Crippen LogP contribution in [0.5, 0.6) is 0 Å². The van der Waals surface area contributed by atoms with Crippen molar-refractivity contribution >= 4 is 46.3 Å². The molecule has 0 saturated carbocycles. The molecule has 0 unspecified atom stereocenters. The lowest BCUT2D eigenvalue weighted by Gasteiger charge is -2.15. The van der Waals surface area contributed by atoms with Gasteiger partial charge in [0.05, 0.1) is 34.6 Å². The number of carbonyl (C=O) groups excluding carboxylic acids is 3. The van der Waals surface area contributed by atoms with Crippen LogP contribution < -0.4 is 4.90 Å². The number of fused-ring (bicyclic) bond motifs is 1. The summed E-state index contributed by atoms with van der Waals surface area (Å²) in [6.45, 7) is 0. The summed E-state index contributed by atoms with van der Waals surface area (Å²) in [7, 11) is 1.30. The summed E-state index contributed by atoms with van der Waals surface area (Å²) in [5.74, 6) is 0.622. The Labute approximate surface area is 171 Å². The highest BCUT2D eigenvalue weighted by atomic mass is 32.2. The Balaban J connectivity index is 1.38. The third-order valence-electron chi connectivity index (χ3n) is 4.75. The van der Waals surface area contributed by atoms with E-state index in [1.54, 1.807) is 24.3 Å². The van der Waals surface area contributed by atoms with Gasteiger partial charge in [0, 0.05) is 18.6 Å². The number of para-hydroxylation sites is 2. The number of rotatable bonds is 6. The van der Waals surface area contributed by atoms with Crippen LogP contribution in [-0.2, 0) is 20.7 Å². The van der Waals surface area contributed by atoms with Crippen LogP contribution in [0.15, 0.2) is 48.5 Å². The number of methoxy groups -OCH3 is 1. The topological polar surface area (TPSA) is 92.4 Å². The Hall–Kier alpha value is -3.13. The van der Waals surface area contributed by atoms with Crippen molar-refractivity contribution in [3.8, 4) is 0 Å². The zero-order valence-corrected chi connectivity index (χ0v) is 16.6. The second kappa shape index (κ2) is 8.08. The van der Waals surface area contributed by atoms with Crippen LogP contribution in [0.2, 0.25) is 0 Å². The monoisotopic (exact) mass is 409 g/mol. The van der Waals surface area contributed by atoms with Crippen molar-refractivity contribution < 1.29 is 19.1 Å². The highest BCUT2D eigenvalue weighted by molar-refractivity contribution is 8.00. The van der Waals surface area contributed by atoms with E-state index in [-0.39, 0.29) is 18.2 Å². The van der Waals surface area contributed by atoms with Gasteiger partial charge in [-0.3, -0.25) is 9.59 Å². The van der Waals surface area contributed by atoms with Crippen molar-refractivity contribution in [1.82, 2.24) is 9.97 Å². The van der Waals surface area contributed by atoms with Crippen molar-refractivity contribution in [3.63, 3.8) is 0 Å². The first-order valence-corrected chi connectivity index (χ1v) is 10.2. The zero-order valence-electron chi connectivity index (χ0n) is 15.8. The standard InChI is InChI=1S/C21H19N3O4S/c1-28-21(27)13-6-8-14(9-7-13)24-19(25)12-17(20(24)26)29-11-10-18-22-15-4-2-3-5-16(15)23-18/h2-9,17H,10-12H2,1H3,(H,22,23)/t17-/m1/s1. The maximum atomic E-state index is 12.7. The summed E-state index contributed by atoms with van der Waals surface area (Å²) < 4.78 is 4.66. The smallest absolute Gasteiger partial charge is 0.337 e. The number of hydrogen-bond acceptors (Lipinski definition) is 6. The van der Waals surface area contributed by atoms with Crippen molar-refractivity contribution in [1.29, 1.82) is 0 Å². The number of benzene rings is 2. The second-order valence-electron chi connectivity index (χ2n) is 6.62. The molecule has 0 aliphatic carbocycles. The van der Waals surface area contributed by atoms with Gasteiger partial charge >= 0.3 is 5.97 Å². The van der Waals surface area contributed by atoms with E-state index in [9.17, 15) is 14.4 Å². The summed E-state index contributed by atoms with van der Waals surface area (Å²) >= 11 is 1.46. The number of H-pyrrole nitrogens is 1. The molecule has 0 radical (unpaired) electrons. The quantitative estimate of drug-likeness (QED) is 0.497. The Morgan fingerprint density at radius 1 is 1.21 bits per heavy atom. The molecule has 8 heteroatoms. The number of hydrogen-bond donors (Lipinski definition) is 1. The number of nitrogens with zero attached hydrogens (tertiary/aromatic N) is 2. The summed E-state index contributed by atoms with van der Waals surface area (Å²) in [5.41, 5.74) is 2.74. The number of imidazole rings is 1. The third-order valence-corrected chi connectivity index (χ3v) is 5.96. The number of imide groups is 1. The number of nitrogens with one attached hydrogen (secondary N) is 1. The number of thioether (sulfide) groups is 1. The molecule has 1 aliphatic heterocycles. The van der Waals surface area contributed by atoms with Gasteiger partial charge in [-0.15, -0.1) is 11.8 Å². The molecule has 1 atom stereocenters. The van der Waals surface area contributed by atoms with Crippen molar-refractivity contribution in [2.24, 2.45) is 0 Å². The average molecular weight is 409 g/mol. The minimum Gasteiger partial charge on any atom is -0.465 e. The SMILES string of the molecule is COC(=O)c1ccc(N2C(=O)C[C@@H](SCCc3nc4ccccc4[nH]3)C2=O)cc1. The predicted octanol–water partition coefficient (Wildman–Crippen LogP) is 2.96. The van der Waals surface area contributed by atoms with Crippen LogP contribution in [0.1, 0.15) is 22.6 Å². The number of aromatic nitrogens is 2. The van der Waals surface area contributed by atoms with Gasteiger partial charge in [-0.1, -0.05) is 12.1 Å². The van der Waals surface area contributed by atoms with Gasteiger partial charge in [-0.25, -0.2) is 14.7 Å². The van der Waals surface area contributed by atoms with Crippen molar-refractivity contribution in [3.05, 3.63) is 59.9 Å². The summed E-state index contributed by atoms with van der Waals surface area (Å²) in [5, 5.41) is -0.410. The largest absolute Gasteiger partial charge is 0.465 e. The summed E-state index contributed by atoms with van der Waals surface area (Å²) in [6, 6.07) is 14.1. The van der Waals surface area contributed by atoms with Gasteiger partial charge in [0.2, 0.25) is 11.8 Å². The Morgan fingerprint density at radius 2 is 1.97 bits per heavy atom. The third kappa shape index (κ3) is 3.88. The van der Waals surface area contributed by atoms with E-state index in [2.05, 4.69) is 14.7 Å². The van der Waals surface area contributed by atoms with E-state index < -0.39 is 11.2 Å². The van der Waals surface area contributed by atoms with Crippen LogP contribution >= 0.6 is 11.8 Å². The number of anilines is 1. The first kappa shape index (κ1) is 19.2. The molecule has 3 aromatic rings. The molecule has 29 heavy (non-hydrogen) atoms. The molecule has 0 bridgehead atoms. The normalized spacial score (nSPS) is 16.6. The fraction of sp³-hybridized carbons (Fsp3) is 0.238. The molecule has 1 fully saturated rings. The molecule has 0 spiro atoms. The van der Waals surface area contributed by atoms with E-state index >= 15 is 0 Å². The fourth-order valence-electron chi connectivity index (χ4n) is 3.29. The first-order valence-electron chi connectivity index (χ1n) is 9.17. The molecule has 1 N–H and O–H groups in total. The Bertz CT molecular complexity index is 1040. The van der Waals surface area contributed by atoms with Crippen molar-refractivity contribution in [2.45, 2.75) is 18.1 Å². The predicted molar refractivity (Wildman–Crippen MR) is 111 cm³/mol. The Kier molecular flexibility index (Phi) is 5.35. The minimum atomic E-state index is -0.463. The molecule has 2 aromatic carbocycles. The molecule has 4 rings (SSSR count). The summed E-state index contributed by atoms with van der Waals surface area (Å²) in [4.78, 5) is 45.7. The van der Waals surface area contributed by atoms with Gasteiger partial charge < -0.3 is 9.72 Å². The maximum absolute atomic E-state index is 12.7. The lowest BCUT2D eigenvalue weighted by Crippen LogP contribution is -2.31. The maximum Gasteiger partial charge on any atom is 0.337 e. The molecule has 1 aliphatic rings. The Morgan fingerprint density at radius 3 is 2.69 bits per heavy atom. The molecule has 7 nitrogen and oxygen atoms in total. The van der Waals surface area contributed by atoms with Crippen LogP contribution in [0.4, 0.5) is 5.69 Å².